The van der Waals surface area contributed by atoms with Crippen LogP contribution in [0.25, 0.3) is 0 Å². The Bertz CT molecular complexity index is 307. The molecule has 0 saturated heterocycles. The predicted octanol–water partition coefficient (Wildman–Crippen LogP) is -1.71. The normalized spacial score (nSPS) is 10.7. The van der Waals surface area contributed by atoms with Gasteiger partial charge in [-0.2, -0.15) is 0 Å². The highest BCUT2D eigenvalue weighted by molar-refractivity contribution is 6.24. The van der Waals surface area contributed by atoms with Crippen molar-refractivity contribution < 1.29 is 34.5 Å². The first kappa shape index (κ1) is 13.0. The summed E-state index contributed by atoms with van der Waals surface area (Å²) >= 11 is 0. The fraction of sp³-hybridized carbons (Fsp3) is 0.429. The number of rotatable bonds is 6. The van der Waals surface area contributed by atoms with Crippen molar-refractivity contribution in [1.29, 1.82) is 0 Å². The fourth-order valence-electron chi connectivity index (χ4n) is 0.748. The van der Waals surface area contributed by atoms with Gasteiger partial charge in [-0.1, -0.05) is 0 Å². The molecule has 15 heavy (non-hydrogen) atoms. The third-order valence-electron chi connectivity index (χ3n) is 1.68. The number of carboxylic acid groups (broad SMARTS) is 3. The van der Waals surface area contributed by atoms with Gasteiger partial charge in [-0.25, -0.2) is 9.59 Å². The topological polar surface area (TPSA) is 155 Å². The summed E-state index contributed by atoms with van der Waals surface area (Å²) in [5.41, 5.74) is 1.80. The molecule has 0 saturated carbocycles. The number of hydrogen-bond acceptors (Lipinski definition) is 5. The number of ketones is 1. The molecule has 0 fully saturated rings. The zero-order valence-electron chi connectivity index (χ0n) is 7.47. The summed E-state index contributed by atoms with van der Waals surface area (Å²) in [4.78, 5) is 42.1. The van der Waals surface area contributed by atoms with Crippen LogP contribution in [0.4, 0.5) is 0 Å². The summed E-state index contributed by atoms with van der Waals surface area (Å²) in [6.07, 6.45) is -1.41. The van der Waals surface area contributed by atoms with Gasteiger partial charge in [-0.05, 0) is 0 Å². The number of carbonyl (C=O) groups is 4. The second kappa shape index (κ2) is 4.51. The molecule has 0 aromatic heterocycles. The Morgan fingerprint density at radius 3 is 1.60 bits per heavy atom. The van der Waals surface area contributed by atoms with E-state index in [0.29, 0.717) is 0 Å². The molecule has 0 radical (unpaired) electrons. The molecule has 0 heterocycles. The minimum absolute atomic E-state index is 0.668. The lowest BCUT2D eigenvalue weighted by Crippen LogP contribution is -2.61. The summed E-state index contributed by atoms with van der Waals surface area (Å²) < 4.78 is 0. The summed E-state index contributed by atoms with van der Waals surface area (Å²) in [6, 6.07) is 0. The van der Waals surface area contributed by atoms with Crippen LogP contribution in [0.2, 0.25) is 0 Å². The molecule has 0 atom stereocenters. The molecule has 0 rings (SSSR count). The van der Waals surface area contributed by atoms with E-state index in [9.17, 15) is 19.2 Å². The fourth-order valence-corrected chi connectivity index (χ4v) is 0.748. The van der Waals surface area contributed by atoms with E-state index in [1.165, 1.54) is 0 Å². The molecule has 0 bridgehead atoms. The third-order valence-corrected chi connectivity index (χ3v) is 1.68. The van der Waals surface area contributed by atoms with E-state index in [4.69, 9.17) is 21.1 Å². The van der Waals surface area contributed by atoms with Gasteiger partial charge in [0.2, 0.25) is 0 Å². The van der Waals surface area contributed by atoms with E-state index in [2.05, 4.69) is 0 Å². The minimum atomic E-state index is -3.07. The number of nitrogens with two attached hydrogens (primary N) is 1. The van der Waals surface area contributed by atoms with Gasteiger partial charge < -0.3 is 21.1 Å². The second-order valence-electron chi connectivity index (χ2n) is 2.74. The van der Waals surface area contributed by atoms with Gasteiger partial charge in [0.1, 0.15) is 0 Å². The van der Waals surface area contributed by atoms with Gasteiger partial charge in [0.15, 0.2) is 5.78 Å². The van der Waals surface area contributed by atoms with Crippen LogP contribution in [-0.2, 0) is 19.2 Å². The van der Waals surface area contributed by atoms with Gasteiger partial charge in [-0.15, -0.1) is 0 Å². The van der Waals surface area contributed by atoms with Gasteiger partial charge in [-0.3, -0.25) is 9.59 Å². The van der Waals surface area contributed by atoms with Crippen molar-refractivity contribution in [3.05, 3.63) is 0 Å². The number of carbonyl (C=O) groups excluding carboxylic acids is 1. The average molecular weight is 219 g/mol. The van der Waals surface area contributed by atoms with E-state index in [1.807, 2.05) is 0 Å². The van der Waals surface area contributed by atoms with Crippen molar-refractivity contribution in [1.82, 2.24) is 0 Å². The molecular formula is C7H9NO7. The van der Waals surface area contributed by atoms with E-state index >= 15 is 0 Å². The van der Waals surface area contributed by atoms with Crippen molar-refractivity contribution in [2.24, 2.45) is 5.73 Å². The Kier molecular flexibility index (Phi) is 3.92. The van der Waals surface area contributed by atoms with Crippen molar-refractivity contribution in [3.63, 3.8) is 0 Å². The Labute approximate surface area is 83.3 Å². The average Bonchev–Trinajstić information content (AvgIpc) is 2.11. The first-order valence-electron chi connectivity index (χ1n) is 3.73. The second-order valence-corrected chi connectivity index (χ2v) is 2.74. The zero-order valence-corrected chi connectivity index (χ0v) is 7.47. The van der Waals surface area contributed by atoms with E-state index in [-0.39, 0.29) is 0 Å². The molecule has 5 N–H and O–H groups in total. The molecular weight excluding hydrogens is 210 g/mol. The SMILES string of the molecule is NC(C(=O)O)(C(=O)O)C(=O)CCC(=O)O. The van der Waals surface area contributed by atoms with Gasteiger partial charge >= 0.3 is 17.9 Å². The standard InChI is InChI=1S/C7H9NO7/c8-7(5(12)13,6(14)15)3(9)1-2-4(10)11/h1-2,8H2,(H,10,11)(H,12,13)(H,14,15). The van der Waals surface area contributed by atoms with Crippen molar-refractivity contribution in [2.45, 2.75) is 18.4 Å². The molecule has 0 aromatic rings. The Morgan fingerprint density at radius 2 is 1.33 bits per heavy atom. The zero-order chi connectivity index (χ0) is 12.2. The molecule has 0 aliphatic rings. The highest BCUT2D eigenvalue weighted by Gasteiger charge is 2.49. The largest absolute Gasteiger partial charge is 0.481 e. The van der Waals surface area contributed by atoms with Crippen LogP contribution in [0, 0.1) is 0 Å². The maximum atomic E-state index is 11.1. The van der Waals surface area contributed by atoms with Crippen LogP contribution in [0.15, 0.2) is 0 Å². The van der Waals surface area contributed by atoms with E-state index in [0.717, 1.165) is 0 Å². The Morgan fingerprint density at radius 1 is 0.933 bits per heavy atom. The van der Waals surface area contributed by atoms with Crippen LogP contribution in [-0.4, -0.2) is 44.5 Å². The van der Waals surface area contributed by atoms with Crippen molar-refractivity contribution >= 4 is 23.7 Å². The lowest BCUT2D eigenvalue weighted by Gasteiger charge is -2.17. The molecule has 0 aliphatic carbocycles. The summed E-state index contributed by atoms with van der Waals surface area (Å²) in [5, 5.41) is 25.1. The van der Waals surface area contributed by atoms with Gasteiger partial charge in [0.05, 0.1) is 6.42 Å². The lowest BCUT2D eigenvalue weighted by atomic mass is 9.92. The predicted molar refractivity (Wildman–Crippen MR) is 44.1 cm³/mol. The number of Topliss-reactive ketones (excluding diaryl/α,β-unsaturated/α-hetero) is 1. The minimum Gasteiger partial charge on any atom is -0.481 e. The monoisotopic (exact) mass is 219 g/mol. The molecule has 0 spiro atoms. The molecule has 0 aromatic carbocycles. The van der Waals surface area contributed by atoms with Gasteiger partial charge in [0, 0.05) is 6.42 Å². The number of carboxylic acids is 3. The maximum absolute atomic E-state index is 11.1. The molecule has 0 aliphatic heterocycles. The van der Waals surface area contributed by atoms with E-state index < -0.39 is 42.1 Å². The molecule has 8 heteroatoms. The number of aliphatic carboxylic acids is 3. The Hall–Kier alpha value is -1.96. The smallest absolute Gasteiger partial charge is 0.343 e. The van der Waals surface area contributed by atoms with Gasteiger partial charge in [0.25, 0.3) is 5.54 Å². The van der Waals surface area contributed by atoms with Crippen LogP contribution >= 0.6 is 0 Å². The Balaban J connectivity index is 4.80. The highest BCUT2D eigenvalue weighted by Crippen LogP contribution is 2.08. The van der Waals surface area contributed by atoms with Crippen molar-refractivity contribution in [3.8, 4) is 0 Å². The highest BCUT2D eigenvalue weighted by atomic mass is 16.4. The summed E-state index contributed by atoms with van der Waals surface area (Å²) in [7, 11) is 0. The molecule has 84 valence electrons. The lowest BCUT2D eigenvalue weighted by molar-refractivity contribution is -0.161. The molecule has 8 nitrogen and oxygen atoms in total. The van der Waals surface area contributed by atoms with Crippen LogP contribution in [0.5, 0.6) is 0 Å². The van der Waals surface area contributed by atoms with Crippen LogP contribution in [0.1, 0.15) is 12.8 Å². The van der Waals surface area contributed by atoms with Crippen LogP contribution in [0.3, 0.4) is 0 Å². The van der Waals surface area contributed by atoms with Crippen molar-refractivity contribution in [2.75, 3.05) is 0 Å². The number of hydrogen-bond donors (Lipinski definition) is 4. The molecule has 0 amide bonds. The maximum Gasteiger partial charge on any atom is 0.343 e. The first-order valence-corrected chi connectivity index (χ1v) is 3.73. The summed E-state index contributed by atoms with van der Waals surface area (Å²) in [5.74, 6) is -6.75. The summed E-state index contributed by atoms with van der Waals surface area (Å²) in [6.45, 7) is 0. The third kappa shape index (κ3) is 2.74. The molecule has 0 unspecified atom stereocenters. The van der Waals surface area contributed by atoms with E-state index in [1.54, 1.807) is 0 Å². The quantitative estimate of drug-likeness (QED) is 0.384. The first-order chi connectivity index (χ1) is 6.72. The van der Waals surface area contributed by atoms with Crippen LogP contribution < -0.4 is 5.73 Å².